The zero-order valence-electron chi connectivity index (χ0n) is 11.8. The minimum Gasteiger partial charge on any atom is -0.355 e. The summed E-state index contributed by atoms with van der Waals surface area (Å²) in [5.41, 5.74) is 0. The van der Waals surface area contributed by atoms with Crippen LogP contribution < -0.4 is 5.32 Å². The summed E-state index contributed by atoms with van der Waals surface area (Å²) in [5.74, 6) is 0.342. The number of carbonyl (C=O) groups is 1. The molecule has 1 aliphatic heterocycles. The Morgan fingerprint density at radius 1 is 1.62 bits per heavy atom. The van der Waals surface area contributed by atoms with Gasteiger partial charge in [0.25, 0.3) is 0 Å². The van der Waals surface area contributed by atoms with Crippen molar-refractivity contribution in [2.24, 2.45) is 5.92 Å². The molecule has 118 valence electrons. The van der Waals surface area contributed by atoms with Crippen molar-refractivity contribution >= 4 is 27.7 Å². The van der Waals surface area contributed by atoms with Crippen LogP contribution in [0.4, 0.5) is 0 Å². The largest absolute Gasteiger partial charge is 0.355 e. The van der Waals surface area contributed by atoms with Gasteiger partial charge < -0.3 is 5.32 Å². The molecule has 2 heterocycles. The van der Waals surface area contributed by atoms with E-state index in [0.717, 1.165) is 12.8 Å². The number of sulfonamides is 1. The van der Waals surface area contributed by atoms with Crippen molar-refractivity contribution in [3.63, 3.8) is 0 Å². The maximum Gasteiger partial charge on any atom is 0.224 e. The average molecular weight is 333 g/mol. The molecular formula is C11H19N5O3S2. The van der Waals surface area contributed by atoms with Crippen LogP contribution in [0.15, 0.2) is 11.5 Å². The standard InChI is InChI=1S/C11H19N5O3S2/c1-21(18,19)16-5-2-3-9(7-16)10(17)12-4-6-20-11-13-8-14-15-11/h8-9H,2-7H2,1H3,(H,12,17)(H,13,14,15). The number of aromatic amines is 1. The summed E-state index contributed by atoms with van der Waals surface area (Å²) in [6.45, 7) is 1.30. The minimum absolute atomic E-state index is 0.0819. The summed E-state index contributed by atoms with van der Waals surface area (Å²) in [4.78, 5) is 16.0. The normalized spacial score (nSPS) is 20.3. The van der Waals surface area contributed by atoms with Crippen LogP contribution in [0.2, 0.25) is 0 Å². The lowest BCUT2D eigenvalue weighted by molar-refractivity contribution is -0.125. The van der Waals surface area contributed by atoms with E-state index in [0.29, 0.717) is 24.0 Å². The molecule has 1 aromatic rings. The lowest BCUT2D eigenvalue weighted by Crippen LogP contribution is -2.45. The van der Waals surface area contributed by atoms with Crippen LogP contribution in [0.5, 0.6) is 0 Å². The smallest absolute Gasteiger partial charge is 0.224 e. The van der Waals surface area contributed by atoms with Gasteiger partial charge in [0.2, 0.25) is 15.9 Å². The van der Waals surface area contributed by atoms with Crippen molar-refractivity contribution in [2.75, 3.05) is 31.6 Å². The van der Waals surface area contributed by atoms with Crippen LogP contribution in [0.3, 0.4) is 0 Å². The third kappa shape index (κ3) is 4.97. The molecule has 21 heavy (non-hydrogen) atoms. The van der Waals surface area contributed by atoms with Gasteiger partial charge in [-0.15, -0.1) is 0 Å². The Balaban J connectivity index is 1.72. The summed E-state index contributed by atoms with van der Waals surface area (Å²) < 4.78 is 24.4. The van der Waals surface area contributed by atoms with E-state index < -0.39 is 10.0 Å². The first-order valence-electron chi connectivity index (χ1n) is 6.68. The van der Waals surface area contributed by atoms with Crippen LogP contribution in [-0.4, -0.2) is 65.5 Å². The lowest BCUT2D eigenvalue weighted by Gasteiger charge is -2.30. The second kappa shape index (κ2) is 7.23. The van der Waals surface area contributed by atoms with Crippen molar-refractivity contribution in [2.45, 2.75) is 18.0 Å². The van der Waals surface area contributed by atoms with Gasteiger partial charge in [-0.05, 0) is 12.8 Å². The fourth-order valence-electron chi connectivity index (χ4n) is 2.19. The zero-order chi connectivity index (χ0) is 15.3. The topological polar surface area (TPSA) is 108 Å². The van der Waals surface area contributed by atoms with Gasteiger partial charge in [-0.25, -0.2) is 17.7 Å². The molecule has 10 heteroatoms. The quantitative estimate of drug-likeness (QED) is 0.546. The SMILES string of the molecule is CS(=O)(=O)N1CCCC(C(=O)NCCSc2ncn[nH]2)C1. The number of amides is 1. The van der Waals surface area contributed by atoms with E-state index in [4.69, 9.17) is 0 Å². The third-order valence-electron chi connectivity index (χ3n) is 3.26. The number of aromatic nitrogens is 3. The second-order valence-electron chi connectivity index (χ2n) is 4.89. The van der Waals surface area contributed by atoms with Crippen LogP contribution >= 0.6 is 11.8 Å². The van der Waals surface area contributed by atoms with Gasteiger partial charge in [-0.2, -0.15) is 5.10 Å². The van der Waals surface area contributed by atoms with Crippen molar-refractivity contribution in [1.29, 1.82) is 0 Å². The predicted octanol–water partition coefficient (Wildman–Crippen LogP) is -0.315. The van der Waals surface area contributed by atoms with E-state index in [9.17, 15) is 13.2 Å². The summed E-state index contributed by atoms with van der Waals surface area (Å²) in [7, 11) is -3.22. The highest BCUT2D eigenvalue weighted by molar-refractivity contribution is 7.99. The molecule has 1 unspecified atom stereocenters. The lowest BCUT2D eigenvalue weighted by atomic mass is 9.99. The molecule has 1 fully saturated rings. The second-order valence-corrected chi connectivity index (χ2v) is 7.96. The molecule has 8 nitrogen and oxygen atoms in total. The summed E-state index contributed by atoms with van der Waals surface area (Å²) in [6.07, 6.45) is 4.06. The molecule has 0 saturated carbocycles. The van der Waals surface area contributed by atoms with Gasteiger partial charge in [-0.3, -0.25) is 9.89 Å². The number of H-pyrrole nitrogens is 1. The first-order valence-corrected chi connectivity index (χ1v) is 9.51. The van der Waals surface area contributed by atoms with Gasteiger partial charge in [0.05, 0.1) is 12.2 Å². The molecule has 1 amide bonds. The molecule has 1 saturated heterocycles. The van der Waals surface area contributed by atoms with Gasteiger partial charge in [0.15, 0.2) is 5.16 Å². The van der Waals surface area contributed by atoms with Gasteiger partial charge >= 0.3 is 0 Å². The fourth-order valence-corrected chi connectivity index (χ4v) is 3.74. The average Bonchev–Trinajstić information content (AvgIpc) is 2.96. The minimum atomic E-state index is -3.22. The Bertz CT molecular complexity index is 560. The highest BCUT2D eigenvalue weighted by Crippen LogP contribution is 2.18. The van der Waals surface area contributed by atoms with Crippen molar-refractivity contribution in [1.82, 2.24) is 24.8 Å². The Hall–Kier alpha value is -1.13. The first-order chi connectivity index (χ1) is 9.97. The number of rotatable bonds is 6. The maximum atomic E-state index is 12.1. The van der Waals surface area contributed by atoms with Crippen molar-refractivity contribution in [3.8, 4) is 0 Å². The third-order valence-corrected chi connectivity index (χ3v) is 5.40. The highest BCUT2D eigenvalue weighted by atomic mass is 32.2. The van der Waals surface area contributed by atoms with Crippen molar-refractivity contribution in [3.05, 3.63) is 6.33 Å². The fraction of sp³-hybridized carbons (Fsp3) is 0.727. The molecule has 1 atom stereocenters. The van der Waals surface area contributed by atoms with Gasteiger partial charge in [-0.1, -0.05) is 11.8 Å². The zero-order valence-corrected chi connectivity index (χ0v) is 13.4. The Labute approximate surface area is 128 Å². The molecule has 0 aromatic carbocycles. The van der Waals surface area contributed by atoms with E-state index >= 15 is 0 Å². The molecule has 2 rings (SSSR count). The van der Waals surface area contributed by atoms with E-state index in [-0.39, 0.29) is 18.4 Å². The number of nitrogens with one attached hydrogen (secondary N) is 2. The molecule has 0 radical (unpaired) electrons. The number of piperidine rings is 1. The van der Waals surface area contributed by atoms with Gasteiger partial charge in [0.1, 0.15) is 6.33 Å². The number of nitrogens with zero attached hydrogens (tertiary/aromatic N) is 3. The summed E-state index contributed by atoms with van der Waals surface area (Å²) in [6, 6.07) is 0. The van der Waals surface area contributed by atoms with E-state index in [2.05, 4.69) is 20.5 Å². The number of thioether (sulfide) groups is 1. The number of hydrogen-bond acceptors (Lipinski definition) is 6. The molecule has 1 aromatic heterocycles. The molecule has 1 aliphatic rings. The first kappa shape index (κ1) is 16.2. The van der Waals surface area contributed by atoms with Crippen molar-refractivity contribution < 1.29 is 13.2 Å². The number of carbonyl (C=O) groups excluding carboxylic acids is 1. The van der Waals surface area contributed by atoms with Crippen LogP contribution in [0, 0.1) is 5.92 Å². The summed E-state index contributed by atoms with van der Waals surface area (Å²) >= 11 is 1.47. The predicted molar refractivity (Wildman–Crippen MR) is 79.3 cm³/mol. The Kier molecular flexibility index (Phi) is 5.59. The van der Waals surface area contributed by atoms with Crippen LogP contribution in [0.25, 0.3) is 0 Å². The monoisotopic (exact) mass is 333 g/mol. The van der Waals surface area contributed by atoms with E-state index in [1.165, 1.54) is 28.7 Å². The van der Waals surface area contributed by atoms with Gasteiger partial charge in [0, 0.05) is 25.4 Å². The van der Waals surface area contributed by atoms with Crippen LogP contribution in [0.1, 0.15) is 12.8 Å². The Morgan fingerprint density at radius 3 is 3.10 bits per heavy atom. The van der Waals surface area contributed by atoms with Crippen LogP contribution in [-0.2, 0) is 14.8 Å². The Morgan fingerprint density at radius 2 is 2.43 bits per heavy atom. The summed E-state index contributed by atoms with van der Waals surface area (Å²) in [5, 5.41) is 10.0. The molecular weight excluding hydrogens is 314 g/mol. The molecule has 0 spiro atoms. The maximum absolute atomic E-state index is 12.1. The molecule has 2 N–H and O–H groups in total. The number of hydrogen-bond donors (Lipinski definition) is 2. The highest BCUT2D eigenvalue weighted by Gasteiger charge is 2.29. The van der Waals surface area contributed by atoms with E-state index in [1.54, 1.807) is 0 Å². The molecule has 0 aliphatic carbocycles. The molecule has 0 bridgehead atoms. The van der Waals surface area contributed by atoms with E-state index in [1.807, 2.05) is 0 Å².